The van der Waals surface area contributed by atoms with Gasteiger partial charge in [0.05, 0.1) is 23.5 Å². The Bertz CT molecular complexity index is 831. The van der Waals surface area contributed by atoms with Gasteiger partial charge in [-0.15, -0.1) is 0 Å². The molecular weight excluding hydrogens is 341 g/mol. The number of hydrogen-bond donors (Lipinski definition) is 0. The van der Waals surface area contributed by atoms with Crippen molar-refractivity contribution in [2.75, 3.05) is 11.4 Å². The molecule has 26 heavy (non-hydrogen) atoms. The quantitative estimate of drug-likeness (QED) is 0.794. The first-order valence-electron chi connectivity index (χ1n) is 8.49. The molecule has 0 spiro atoms. The highest BCUT2D eigenvalue weighted by atomic mass is 19.4. The van der Waals surface area contributed by atoms with Gasteiger partial charge in [-0.05, 0) is 38.0 Å². The number of allylic oxidation sites excluding steroid dienone is 1. The molecule has 1 aliphatic carbocycles. The van der Waals surface area contributed by atoms with Crippen molar-refractivity contribution in [3.8, 4) is 6.07 Å². The van der Waals surface area contributed by atoms with Crippen molar-refractivity contribution in [2.45, 2.75) is 38.4 Å². The van der Waals surface area contributed by atoms with Gasteiger partial charge in [-0.1, -0.05) is 6.08 Å². The van der Waals surface area contributed by atoms with Gasteiger partial charge >= 0.3 is 6.18 Å². The van der Waals surface area contributed by atoms with E-state index in [9.17, 15) is 13.2 Å². The number of benzene rings is 1. The predicted octanol–water partition coefficient (Wildman–Crippen LogP) is 4.69. The van der Waals surface area contributed by atoms with E-state index in [1.54, 1.807) is 24.7 Å². The van der Waals surface area contributed by atoms with Crippen LogP contribution in [-0.2, 0) is 6.18 Å². The minimum absolute atomic E-state index is 0.0939. The van der Waals surface area contributed by atoms with Crippen LogP contribution in [-0.4, -0.2) is 22.1 Å². The predicted molar refractivity (Wildman–Crippen MR) is 93.3 cm³/mol. The van der Waals surface area contributed by atoms with Gasteiger partial charge in [0.1, 0.15) is 0 Å². The summed E-state index contributed by atoms with van der Waals surface area (Å²) in [5.74, 6) is 0. The number of aromatic nitrogens is 2. The average molecular weight is 360 g/mol. The Morgan fingerprint density at radius 1 is 1.38 bits per heavy atom. The maximum atomic E-state index is 13.3. The zero-order valence-electron chi connectivity index (χ0n) is 14.4. The molecule has 1 aliphatic rings. The molecular formula is C19H19F3N4. The van der Waals surface area contributed by atoms with E-state index in [1.807, 2.05) is 22.6 Å². The third-order valence-corrected chi connectivity index (χ3v) is 4.70. The Hall–Kier alpha value is -2.75. The number of imidazole rings is 1. The average Bonchev–Trinajstić information content (AvgIpc) is 3.16. The second kappa shape index (κ2) is 7.24. The standard InChI is InChI=1S/C19H19F3N4/c1-2-26(16-5-3-4-15(10-16)25-9-8-24-13-25)17-7-6-14(12-23)18(11-17)19(20,21)22/h4,6-9,11,13,16H,2-3,5,10H2,1H3. The highest BCUT2D eigenvalue weighted by Gasteiger charge is 2.34. The highest BCUT2D eigenvalue weighted by Crippen LogP contribution is 2.36. The van der Waals surface area contributed by atoms with Gasteiger partial charge in [-0.2, -0.15) is 18.4 Å². The lowest BCUT2D eigenvalue weighted by molar-refractivity contribution is -0.137. The normalized spacial score (nSPS) is 17.5. The summed E-state index contributed by atoms with van der Waals surface area (Å²) in [5.41, 5.74) is 0.370. The van der Waals surface area contributed by atoms with E-state index in [4.69, 9.17) is 5.26 Å². The van der Waals surface area contributed by atoms with Gasteiger partial charge in [0, 0.05) is 42.8 Å². The van der Waals surface area contributed by atoms with Crippen LogP contribution in [0.1, 0.15) is 37.3 Å². The van der Waals surface area contributed by atoms with Crippen LogP contribution in [0.3, 0.4) is 0 Å². The summed E-state index contributed by atoms with van der Waals surface area (Å²) in [6.45, 7) is 2.52. The zero-order valence-corrected chi connectivity index (χ0v) is 14.4. The molecule has 0 bridgehead atoms. The Morgan fingerprint density at radius 2 is 2.19 bits per heavy atom. The molecule has 1 aromatic heterocycles. The first-order chi connectivity index (χ1) is 12.4. The molecule has 0 fully saturated rings. The molecule has 1 heterocycles. The van der Waals surface area contributed by atoms with E-state index < -0.39 is 11.7 Å². The molecule has 1 unspecified atom stereocenters. The van der Waals surface area contributed by atoms with Crippen molar-refractivity contribution < 1.29 is 13.2 Å². The van der Waals surface area contributed by atoms with E-state index in [0.717, 1.165) is 31.0 Å². The molecule has 136 valence electrons. The van der Waals surface area contributed by atoms with E-state index in [0.29, 0.717) is 12.2 Å². The summed E-state index contributed by atoms with van der Waals surface area (Å²) >= 11 is 0. The van der Waals surface area contributed by atoms with Crippen molar-refractivity contribution in [3.05, 3.63) is 54.1 Å². The van der Waals surface area contributed by atoms with Crippen LogP contribution in [0.15, 0.2) is 43.0 Å². The molecule has 0 aliphatic heterocycles. The van der Waals surface area contributed by atoms with Crippen molar-refractivity contribution >= 4 is 11.4 Å². The number of rotatable bonds is 4. The third-order valence-electron chi connectivity index (χ3n) is 4.70. The number of alkyl halides is 3. The number of anilines is 1. The molecule has 0 amide bonds. The molecule has 3 rings (SSSR count). The summed E-state index contributed by atoms with van der Waals surface area (Å²) in [4.78, 5) is 6.04. The summed E-state index contributed by atoms with van der Waals surface area (Å²) in [6.07, 6.45) is 5.36. The van der Waals surface area contributed by atoms with Crippen molar-refractivity contribution in [3.63, 3.8) is 0 Å². The SMILES string of the molecule is CCN(c1ccc(C#N)c(C(F)(F)F)c1)C1CCC=C(n2ccnc2)C1. The summed E-state index contributed by atoms with van der Waals surface area (Å²) < 4.78 is 41.8. The molecule has 1 atom stereocenters. The van der Waals surface area contributed by atoms with Crippen molar-refractivity contribution in [1.82, 2.24) is 9.55 Å². The second-order valence-corrected chi connectivity index (χ2v) is 6.23. The minimum Gasteiger partial charge on any atom is -0.368 e. The number of hydrogen-bond acceptors (Lipinski definition) is 3. The summed E-state index contributed by atoms with van der Waals surface area (Å²) in [7, 11) is 0. The van der Waals surface area contributed by atoms with Gasteiger partial charge < -0.3 is 9.47 Å². The van der Waals surface area contributed by atoms with E-state index in [-0.39, 0.29) is 11.6 Å². The van der Waals surface area contributed by atoms with Crippen LogP contribution in [0.5, 0.6) is 0 Å². The van der Waals surface area contributed by atoms with E-state index in [2.05, 4.69) is 11.1 Å². The lowest BCUT2D eigenvalue weighted by Gasteiger charge is -2.36. The first kappa shape index (κ1) is 18.1. The molecule has 1 aromatic carbocycles. The first-order valence-corrected chi connectivity index (χ1v) is 8.49. The smallest absolute Gasteiger partial charge is 0.368 e. The van der Waals surface area contributed by atoms with Crippen molar-refractivity contribution in [2.24, 2.45) is 0 Å². The Kier molecular flexibility index (Phi) is 5.03. The van der Waals surface area contributed by atoms with Gasteiger partial charge in [-0.3, -0.25) is 0 Å². The topological polar surface area (TPSA) is 44.9 Å². The molecule has 0 N–H and O–H groups in total. The zero-order chi connectivity index (χ0) is 18.7. The fraction of sp³-hybridized carbons (Fsp3) is 0.368. The molecule has 7 heteroatoms. The number of halogens is 3. The third kappa shape index (κ3) is 3.59. The number of nitriles is 1. The fourth-order valence-corrected chi connectivity index (χ4v) is 3.47. The molecule has 0 saturated carbocycles. The summed E-state index contributed by atoms with van der Waals surface area (Å²) in [5, 5.41) is 8.98. The van der Waals surface area contributed by atoms with Gasteiger partial charge in [0.15, 0.2) is 0 Å². The monoisotopic (exact) mass is 360 g/mol. The Morgan fingerprint density at radius 3 is 2.81 bits per heavy atom. The van der Waals surface area contributed by atoms with Crippen LogP contribution < -0.4 is 4.90 Å². The van der Waals surface area contributed by atoms with Crippen LogP contribution in [0, 0.1) is 11.3 Å². The van der Waals surface area contributed by atoms with Crippen molar-refractivity contribution in [1.29, 1.82) is 5.26 Å². The van der Waals surface area contributed by atoms with E-state index in [1.165, 1.54) is 6.07 Å². The lowest BCUT2D eigenvalue weighted by atomic mass is 9.96. The largest absolute Gasteiger partial charge is 0.417 e. The van der Waals surface area contributed by atoms with Crippen LogP contribution in [0.4, 0.5) is 18.9 Å². The molecule has 4 nitrogen and oxygen atoms in total. The van der Waals surface area contributed by atoms with Crippen LogP contribution in [0.2, 0.25) is 0 Å². The second-order valence-electron chi connectivity index (χ2n) is 6.23. The molecule has 2 aromatic rings. The maximum absolute atomic E-state index is 13.3. The Labute approximate surface area is 150 Å². The Balaban J connectivity index is 1.90. The lowest BCUT2D eigenvalue weighted by Crippen LogP contribution is -2.37. The summed E-state index contributed by atoms with van der Waals surface area (Å²) in [6, 6.07) is 5.69. The fourth-order valence-electron chi connectivity index (χ4n) is 3.47. The van der Waals surface area contributed by atoms with Crippen LogP contribution >= 0.6 is 0 Å². The van der Waals surface area contributed by atoms with Crippen LogP contribution in [0.25, 0.3) is 5.70 Å². The minimum atomic E-state index is -4.55. The van der Waals surface area contributed by atoms with Gasteiger partial charge in [0.25, 0.3) is 0 Å². The number of nitrogens with zero attached hydrogens (tertiary/aromatic N) is 4. The van der Waals surface area contributed by atoms with Gasteiger partial charge in [-0.25, -0.2) is 4.98 Å². The molecule has 0 saturated heterocycles. The molecule has 0 radical (unpaired) electrons. The maximum Gasteiger partial charge on any atom is 0.417 e. The van der Waals surface area contributed by atoms with Gasteiger partial charge in [0.2, 0.25) is 0 Å². The van der Waals surface area contributed by atoms with E-state index >= 15 is 0 Å². The highest BCUT2D eigenvalue weighted by molar-refractivity contribution is 5.57.